The number of rotatable bonds is 4. The van der Waals surface area contributed by atoms with Crippen LogP contribution in [0.25, 0.3) is 0 Å². The minimum atomic E-state index is -4.31. The van der Waals surface area contributed by atoms with E-state index in [4.69, 9.17) is 9.52 Å². The predicted molar refractivity (Wildman–Crippen MR) is 51.9 cm³/mol. The maximum absolute atomic E-state index is 12.0. The van der Waals surface area contributed by atoms with Crippen molar-refractivity contribution in [1.82, 2.24) is 4.98 Å². The van der Waals surface area contributed by atoms with E-state index < -0.39 is 25.0 Å². The Morgan fingerprint density at radius 2 is 2.06 bits per heavy atom. The Hall–Kier alpha value is -1.53. The van der Waals surface area contributed by atoms with Crippen LogP contribution in [-0.2, 0) is 6.42 Å². The summed E-state index contributed by atoms with van der Waals surface area (Å²) in [5.41, 5.74) is 0.176. The number of alkyl halides is 3. The van der Waals surface area contributed by atoms with Crippen molar-refractivity contribution in [3.63, 3.8) is 0 Å². The van der Waals surface area contributed by atoms with Crippen LogP contribution in [0.15, 0.2) is 4.42 Å². The Morgan fingerprint density at radius 1 is 1.47 bits per heavy atom. The first-order chi connectivity index (χ1) is 7.70. The topological polar surface area (TPSA) is 63.3 Å². The fourth-order valence-corrected chi connectivity index (χ4v) is 1.28. The van der Waals surface area contributed by atoms with Crippen LogP contribution in [0.1, 0.15) is 48.3 Å². The van der Waals surface area contributed by atoms with Gasteiger partial charge in [-0.3, -0.25) is 0 Å². The first kappa shape index (κ1) is 13.5. The molecule has 0 saturated heterocycles. The SMILES string of the molecule is CC(C)c1nc(CCC(F)(F)F)oc1C(=O)O. The first-order valence-corrected chi connectivity index (χ1v) is 5.00. The van der Waals surface area contributed by atoms with E-state index in [9.17, 15) is 18.0 Å². The molecule has 0 aliphatic rings. The van der Waals surface area contributed by atoms with Crippen molar-refractivity contribution >= 4 is 5.97 Å². The van der Waals surface area contributed by atoms with Gasteiger partial charge in [0.15, 0.2) is 5.89 Å². The van der Waals surface area contributed by atoms with Gasteiger partial charge in [0.05, 0.1) is 12.1 Å². The normalized spacial score (nSPS) is 12.1. The van der Waals surface area contributed by atoms with Crippen molar-refractivity contribution < 1.29 is 27.5 Å². The lowest BCUT2D eigenvalue weighted by Gasteiger charge is -2.02. The molecule has 0 aliphatic heterocycles. The Balaban J connectivity index is 2.89. The third-order valence-electron chi connectivity index (χ3n) is 2.06. The number of carbonyl (C=O) groups is 1. The third-order valence-corrected chi connectivity index (χ3v) is 2.06. The molecule has 1 aromatic rings. The third kappa shape index (κ3) is 3.76. The number of halogens is 3. The van der Waals surface area contributed by atoms with Crippen LogP contribution in [0.3, 0.4) is 0 Å². The number of carboxylic acids is 1. The van der Waals surface area contributed by atoms with Crippen molar-refractivity contribution in [2.45, 2.75) is 38.8 Å². The molecule has 0 saturated carbocycles. The van der Waals surface area contributed by atoms with Crippen molar-refractivity contribution in [2.24, 2.45) is 0 Å². The molecule has 0 radical (unpaired) electrons. The lowest BCUT2D eigenvalue weighted by atomic mass is 10.1. The van der Waals surface area contributed by atoms with Gasteiger partial charge in [0.2, 0.25) is 5.76 Å². The average Bonchev–Trinajstić information content (AvgIpc) is 2.57. The lowest BCUT2D eigenvalue weighted by Crippen LogP contribution is -2.08. The van der Waals surface area contributed by atoms with Gasteiger partial charge < -0.3 is 9.52 Å². The van der Waals surface area contributed by atoms with Crippen LogP contribution in [0.4, 0.5) is 13.2 Å². The second kappa shape index (κ2) is 4.77. The molecular weight excluding hydrogens is 239 g/mol. The quantitative estimate of drug-likeness (QED) is 0.893. The minimum absolute atomic E-state index is 0.176. The fourth-order valence-electron chi connectivity index (χ4n) is 1.28. The van der Waals surface area contributed by atoms with Crippen molar-refractivity contribution in [3.8, 4) is 0 Å². The van der Waals surface area contributed by atoms with E-state index in [-0.39, 0.29) is 23.3 Å². The molecular formula is C10H12F3NO3. The molecule has 1 N–H and O–H groups in total. The Labute approximate surface area is 95.5 Å². The van der Waals surface area contributed by atoms with Crippen molar-refractivity contribution in [2.75, 3.05) is 0 Å². The minimum Gasteiger partial charge on any atom is -0.475 e. The fraction of sp³-hybridized carbons (Fsp3) is 0.600. The van der Waals surface area contributed by atoms with Crippen LogP contribution in [-0.4, -0.2) is 22.2 Å². The Bertz CT molecular complexity index is 409. The summed E-state index contributed by atoms with van der Waals surface area (Å²) in [5.74, 6) is -2.11. The van der Waals surface area contributed by atoms with E-state index in [1.165, 1.54) is 0 Å². The van der Waals surface area contributed by atoms with Gasteiger partial charge in [0.25, 0.3) is 0 Å². The van der Waals surface area contributed by atoms with E-state index in [1.807, 2.05) is 0 Å². The summed E-state index contributed by atoms with van der Waals surface area (Å²) in [6, 6.07) is 0. The van der Waals surface area contributed by atoms with E-state index in [1.54, 1.807) is 13.8 Å². The lowest BCUT2D eigenvalue weighted by molar-refractivity contribution is -0.134. The molecule has 96 valence electrons. The highest BCUT2D eigenvalue weighted by molar-refractivity contribution is 5.85. The number of aromatic nitrogens is 1. The maximum Gasteiger partial charge on any atom is 0.389 e. The number of oxazole rings is 1. The monoisotopic (exact) mass is 251 g/mol. The highest BCUT2D eigenvalue weighted by Gasteiger charge is 2.29. The number of carboxylic acid groups (broad SMARTS) is 1. The summed E-state index contributed by atoms with van der Waals surface area (Å²) in [4.78, 5) is 14.6. The molecule has 4 nitrogen and oxygen atoms in total. The molecule has 0 bridgehead atoms. The molecule has 0 fully saturated rings. The number of hydrogen-bond donors (Lipinski definition) is 1. The number of hydrogen-bond acceptors (Lipinski definition) is 3. The summed E-state index contributed by atoms with van der Waals surface area (Å²) in [6.07, 6.45) is -5.84. The predicted octanol–water partition coefficient (Wildman–Crippen LogP) is 2.99. The second-order valence-corrected chi connectivity index (χ2v) is 3.90. The van der Waals surface area contributed by atoms with Gasteiger partial charge in [0.1, 0.15) is 0 Å². The first-order valence-electron chi connectivity index (χ1n) is 5.00. The van der Waals surface area contributed by atoms with E-state index in [2.05, 4.69) is 4.98 Å². The molecule has 7 heteroatoms. The van der Waals surface area contributed by atoms with Gasteiger partial charge in [-0.2, -0.15) is 13.2 Å². The average molecular weight is 251 g/mol. The van der Waals surface area contributed by atoms with Gasteiger partial charge in [-0.25, -0.2) is 9.78 Å². The molecule has 0 aliphatic carbocycles. The second-order valence-electron chi connectivity index (χ2n) is 3.90. The van der Waals surface area contributed by atoms with Crippen LogP contribution in [0, 0.1) is 0 Å². The maximum atomic E-state index is 12.0. The van der Waals surface area contributed by atoms with E-state index in [0.717, 1.165) is 0 Å². The Kier molecular flexibility index (Phi) is 3.79. The van der Waals surface area contributed by atoms with Gasteiger partial charge >= 0.3 is 12.1 Å². The van der Waals surface area contributed by atoms with Gasteiger partial charge in [-0.05, 0) is 5.92 Å². The van der Waals surface area contributed by atoms with E-state index >= 15 is 0 Å². The van der Waals surface area contributed by atoms with Crippen LogP contribution < -0.4 is 0 Å². The number of aryl methyl sites for hydroxylation is 1. The molecule has 0 spiro atoms. The molecule has 0 aromatic carbocycles. The number of nitrogens with zero attached hydrogens (tertiary/aromatic N) is 1. The molecule has 0 amide bonds. The van der Waals surface area contributed by atoms with Crippen molar-refractivity contribution in [3.05, 3.63) is 17.3 Å². The van der Waals surface area contributed by atoms with Gasteiger partial charge in [-0.15, -0.1) is 0 Å². The molecule has 0 unspecified atom stereocenters. The van der Waals surface area contributed by atoms with Crippen LogP contribution in [0.5, 0.6) is 0 Å². The van der Waals surface area contributed by atoms with Crippen molar-refractivity contribution in [1.29, 1.82) is 0 Å². The standard InChI is InChI=1S/C10H12F3NO3/c1-5(2)7-8(9(15)16)17-6(14-7)3-4-10(11,12)13/h5H,3-4H2,1-2H3,(H,15,16). The zero-order valence-corrected chi connectivity index (χ0v) is 9.34. The van der Waals surface area contributed by atoms with Crippen LogP contribution in [0.2, 0.25) is 0 Å². The summed E-state index contributed by atoms with van der Waals surface area (Å²) in [5, 5.41) is 8.80. The summed E-state index contributed by atoms with van der Waals surface area (Å²) in [7, 11) is 0. The summed E-state index contributed by atoms with van der Waals surface area (Å²) < 4.78 is 40.8. The van der Waals surface area contributed by atoms with Gasteiger partial charge in [-0.1, -0.05) is 13.8 Å². The highest BCUT2D eigenvalue weighted by atomic mass is 19.4. The number of aromatic carboxylic acids is 1. The Morgan fingerprint density at radius 3 is 2.41 bits per heavy atom. The highest BCUT2D eigenvalue weighted by Crippen LogP contribution is 2.25. The zero-order chi connectivity index (χ0) is 13.2. The zero-order valence-electron chi connectivity index (χ0n) is 9.34. The molecule has 17 heavy (non-hydrogen) atoms. The summed E-state index contributed by atoms with van der Waals surface area (Å²) in [6.45, 7) is 3.38. The molecule has 1 heterocycles. The summed E-state index contributed by atoms with van der Waals surface area (Å²) >= 11 is 0. The van der Waals surface area contributed by atoms with Crippen LogP contribution >= 0.6 is 0 Å². The largest absolute Gasteiger partial charge is 0.475 e. The smallest absolute Gasteiger partial charge is 0.389 e. The molecule has 0 atom stereocenters. The van der Waals surface area contributed by atoms with Gasteiger partial charge in [0, 0.05) is 6.42 Å². The van der Waals surface area contributed by atoms with E-state index in [0.29, 0.717) is 0 Å². The molecule has 1 rings (SSSR count). The molecule has 1 aromatic heterocycles.